The molecule has 1 fully saturated rings. The molecule has 2 aliphatic carbocycles. The summed E-state index contributed by atoms with van der Waals surface area (Å²) in [4.78, 5) is 89.1. The molecule has 1 saturated carbocycles. The first-order valence-electron chi connectivity index (χ1n) is 10.7. The number of likely N-dealkylation sites (N-methyl/N-ethyl adjacent to an activating group) is 1. The standard InChI is InChI=1S/C13H18ClN3.6FH2O3P/c1-17(11-5-3-2-4-6-11)13-8-7-10(16-15)9-12(13)14;6*1-5(2,3)4/h7-8,11H,2-6,9H2,1H3;6*(H2,2,3,4). The van der Waals surface area contributed by atoms with Crippen molar-refractivity contribution in [3.63, 3.8) is 0 Å². The van der Waals surface area contributed by atoms with Crippen LogP contribution < -0.4 is 0 Å². The van der Waals surface area contributed by atoms with Crippen LogP contribution in [0.4, 0.5) is 25.2 Å². The lowest BCUT2D eigenvalue weighted by Gasteiger charge is -2.34. The zero-order valence-electron chi connectivity index (χ0n) is 23.0. The first-order valence-corrected chi connectivity index (χ1v) is 20.1. The molecule has 12 N–H and O–H groups in total. The first-order chi connectivity index (χ1) is 20.2. The van der Waals surface area contributed by atoms with Crippen molar-refractivity contribution in [2.45, 2.75) is 44.6 Å². The van der Waals surface area contributed by atoms with E-state index < -0.39 is 47.4 Å². The number of allylic oxidation sites excluding steroid dienone is 3. The third-order valence-electron chi connectivity index (χ3n) is 3.68. The van der Waals surface area contributed by atoms with E-state index in [1.54, 1.807) is 0 Å². The number of rotatable bonds is 2. The summed E-state index contributed by atoms with van der Waals surface area (Å²) in [5.74, 6) is 0. The van der Waals surface area contributed by atoms with E-state index in [1.165, 1.54) is 32.1 Å². The monoisotopic (exact) mass is 851 g/mol. The van der Waals surface area contributed by atoms with Crippen molar-refractivity contribution in [3.05, 3.63) is 28.4 Å². The fourth-order valence-corrected chi connectivity index (χ4v) is 2.95. The average molecular weight is 852 g/mol. The average Bonchev–Trinajstić information content (AvgIpc) is 2.72. The van der Waals surface area contributed by atoms with Crippen LogP contribution in [0.15, 0.2) is 22.9 Å². The Labute approximate surface area is 265 Å². The maximum absolute atomic E-state index is 10.4. The molecule has 0 aromatic carbocycles. The van der Waals surface area contributed by atoms with E-state index in [0.717, 1.165) is 10.7 Å². The highest BCUT2D eigenvalue weighted by molar-refractivity contribution is 7.46. The van der Waals surface area contributed by atoms with Crippen molar-refractivity contribution < 1.29 is 116 Å². The van der Waals surface area contributed by atoms with Gasteiger partial charge in [-0.15, -0.1) is 25.2 Å². The van der Waals surface area contributed by atoms with E-state index in [1.807, 2.05) is 12.2 Å². The van der Waals surface area contributed by atoms with Crippen LogP contribution in [0.25, 0.3) is 5.53 Å². The van der Waals surface area contributed by atoms with Crippen molar-refractivity contribution in [1.29, 1.82) is 0 Å². The normalized spacial score (nSPS) is 15.4. The molecule has 0 saturated heterocycles. The van der Waals surface area contributed by atoms with Gasteiger partial charge in [0.2, 0.25) is 0 Å². The highest BCUT2D eigenvalue weighted by Gasteiger charge is 2.24. The molecule has 0 spiro atoms. The van der Waals surface area contributed by atoms with E-state index in [4.69, 9.17) is 103 Å². The molecule has 47 heavy (non-hydrogen) atoms. The van der Waals surface area contributed by atoms with E-state index in [9.17, 15) is 25.2 Å². The van der Waals surface area contributed by atoms with Gasteiger partial charge >= 0.3 is 47.4 Å². The third-order valence-corrected chi connectivity index (χ3v) is 4.01. The lowest BCUT2D eigenvalue weighted by Crippen LogP contribution is -2.33. The predicted molar refractivity (Wildman–Crippen MR) is 149 cm³/mol. The second kappa shape index (κ2) is 25.4. The minimum atomic E-state index is -5.14. The van der Waals surface area contributed by atoms with E-state index in [0.29, 0.717) is 18.2 Å². The van der Waals surface area contributed by atoms with E-state index in [-0.39, 0.29) is 0 Å². The topological polar surface area (TPSA) is 385 Å². The SMILES string of the molecule is CN(C1=C(Cl)CC(=[N+]=[N-])C=C1)C1CCCCC1.O=P(O)(O)F.O=P(O)(O)F.O=P(O)(O)F.O=P(O)(O)F.O=P(O)(O)F.O=P(O)(O)F. The van der Waals surface area contributed by atoms with E-state index >= 15 is 0 Å². The van der Waals surface area contributed by atoms with Crippen LogP contribution in [0.5, 0.6) is 0 Å². The van der Waals surface area contributed by atoms with Gasteiger partial charge in [-0.1, -0.05) is 30.9 Å². The third kappa shape index (κ3) is 92.5. The van der Waals surface area contributed by atoms with Crippen molar-refractivity contribution in [1.82, 2.24) is 4.90 Å². The van der Waals surface area contributed by atoms with Crippen LogP contribution in [-0.4, -0.2) is 87.2 Å². The largest absolute Gasteiger partial charge is 0.507 e. The highest BCUT2D eigenvalue weighted by atomic mass is 35.5. The smallest absolute Gasteiger partial charge is 0.371 e. The zero-order chi connectivity index (χ0) is 39.3. The number of hydrogen-bond acceptors (Lipinski definition) is 7. The molecule has 21 nitrogen and oxygen atoms in total. The van der Waals surface area contributed by atoms with Gasteiger partial charge in [0.1, 0.15) is 0 Å². The van der Waals surface area contributed by atoms with Crippen LogP contribution in [0.3, 0.4) is 0 Å². The molecule has 284 valence electrons. The van der Waals surface area contributed by atoms with Gasteiger partial charge in [0, 0.05) is 19.2 Å². The molecule has 0 amide bonds. The fraction of sp³-hybridized carbons (Fsp3) is 0.615. The van der Waals surface area contributed by atoms with Crippen LogP contribution in [0.1, 0.15) is 38.5 Å². The Bertz CT molecular complexity index is 1110. The molecule has 0 heterocycles. The summed E-state index contributed by atoms with van der Waals surface area (Å²) in [6.45, 7) is 0. The van der Waals surface area contributed by atoms with Gasteiger partial charge in [0.05, 0.1) is 17.2 Å². The molecule has 0 bridgehead atoms. The van der Waals surface area contributed by atoms with Gasteiger partial charge in [0.15, 0.2) is 0 Å². The minimum absolute atomic E-state index is 0.529. The maximum atomic E-state index is 10.4. The van der Waals surface area contributed by atoms with Crippen LogP contribution in [-0.2, 0) is 27.4 Å². The van der Waals surface area contributed by atoms with Crippen LogP contribution >= 0.6 is 59.0 Å². The molecular formula is C13H30ClF6N3O18P6. The fourth-order valence-electron chi connectivity index (χ4n) is 2.62. The second-order valence-corrected chi connectivity index (χ2v) is 13.8. The van der Waals surface area contributed by atoms with Crippen molar-refractivity contribution in [2.75, 3.05) is 7.05 Å². The summed E-state index contributed by atoms with van der Waals surface area (Å²) < 4.78 is 114. The van der Waals surface area contributed by atoms with Crippen molar-refractivity contribution in [2.24, 2.45) is 0 Å². The van der Waals surface area contributed by atoms with Crippen LogP contribution in [0, 0.1) is 0 Å². The van der Waals surface area contributed by atoms with Gasteiger partial charge in [-0.05, 0) is 18.9 Å². The Hall–Kier alpha value is -0.570. The van der Waals surface area contributed by atoms with Gasteiger partial charge in [-0.3, -0.25) is 58.7 Å². The first kappa shape index (κ1) is 55.8. The summed E-state index contributed by atoms with van der Waals surface area (Å²) in [6, 6.07) is 0.602. The summed E-state index contributed by atoms with van der Waals surface area (Å²) in [7, 11) is -28.7. The number of hydrogen-bond donors (Lipinski definition) is 12. The van der Waals surface area contributed by atoms with Gasteiger partial charge in [-0.25, -0.2) is 27.4 Å². The molecule has 0 aromatic rings. The lowest BCUT2D eigenvalue weighted by atomic mass is 9.93. The molecular weight excluding hydrogens is 821 g/mol. The molecule has 0 aromatic heterocycles. The lowest BCUT2D eigenvalue weighted by molar-refractivity contribution is -0.00560. The molecule has 34 heteroatoms. The maximum Gasteiger partial charge on any atom is 0.507 e. The number of nitrogens with zero attached hydrogens (tertiary/aromatic N) is 3. The Kier molecular flexibility index (Phi) is 30.2. The molecule has 0 atom stereocenters. The van der Waals surface area contributed by atoms with E-state index in [2.05, 4.69) is 16.7 Å². The zero-order valence-corrected chi connectivity index (χ0v) is 29.1. The van der Waals surface area contributed by atoms with Gasteiger partial charge in [0.25, 0.3) is 5.71 Å². The highest BCUT2D eigenvalue weighted by Crippen LogP contribution is 2.37. The summed E-state index contributed by atoms with van der Waals surface area (Å²) in [6.07, 6.45) is 10.8. The second-order valence-electron chi connectivity index (χ2n) is 7.63. The predicted octanol–water partition coefficient (Wildman–Crippen LogP) is 3.62. The molecule has 2 rings (SSSR count). The Morgan fingerprint density at radius 3 is 1.11 bits per heavy atom. The van der Waals surface area contributed by atoms with Gasteiger partial charge < -0.3 is 10.4 Å². The molecule has 0 radical (unpaired) electrons. The summed E-state index contributed by atoms with van der Waals surface area (Å²) >= 11 is 6.27. The van der Waals surface area contributed by atoms with Gasteiger partial charge in [-0.2, -0.15) is 4.79 Å². The quantitative estimate of drug-likeness (QED) is 0.0816. The minimum Gasteiger partial charge on any atom is -0.371 e. The van der Waals surface area contributed by atoms with Crippen molar-refractivity contribution in [3.8, 4) is 0 Å². The Morgan fingerprint density at radius 1 is 0.638 bits per heavy atom. The molecule has 0 unspecified atom stereocenters. The summed E-state index contributed by atoms with van der Waals surface area (Å²) in [5.41, 5.74) is 10.4. The van der Waals surface area contributed by atoms with Crippen molar-refractivity contribution >= 4 is 64.8 Å². The molecule has 0 aliphatic heterocycles. The molecule has 2 aliphatic rings. The Morgan fingerprint density at radius 2 is 0.894 bits per heavy atom. The summed E-state index contributed by atoms with van der Waals surface area (Å²) in [5, 5.41) is 0.772. The Balaban J connectivity index is -0.000000164. The van der Waals surface area contributed by atoms with Crippen LogP contribution in [0.2, 0.25) is 0 Å². The number of halogens is 7.